The fraction of sp³-hybridized carbons (Fsp3) is 1.00. The first-order valence-corrected chi connectivity index (χ1v) is 9.97. The predicted molar refractivity (Wildman–Crippen MR) is 100 cm³/mol. The minimum absolute atomic E-state index is 0.0359. The first kappa shape index (κ1) is 23.0. The van der Waals surface area contributed by atoms with Crippen LogP contribution in [0.15, 0.2) is 0 Å². The van der Waals surface area contributed by atoms with Crippen molar-refractivity contribution in [3.8, 4) is 0 Å². The SMILES string of the molecule is CCC1OC(OC)C(OC)C(C)[C@H]1OC1OC(COC)[C@@H](C)C(C)C1OC. The average Bonchev–Trinajstić information content (AvgIpc) is 2.67. The fourth-order valence-electron chi connectivity index (χ4n) is 4.36. The quantitative estimate of drug-likeness (QED) is 0.631. The van der Waals surface area contributed by atoms with Crippen LogP contribution in [-0.4, -0.2) is 78.1 Å². The van der Waals surface area contributed by atoms with E-state index in [0.717, 1.165) is 6.42 Å². The molecule has 2 rings (SSSR count). The van der Waals surface area contributed by atoms with Crippen molar-refractivity contribution in [2.75, 3.05) is 35.0 Å². The van der Waals surface area contributed by atoms with Gasteiger partial charge in [0.2, 0.25) is 0 Å². The maximum absolute atomic E-state index is 6.51. The topological polar surface area (TPSA) is 64.6 Å². The van der Waals surface area contributed by atoms with Crippen molar-refractivity contribution in [3.05, 3.63) is 0 Å². The largest absolute Gasteiger partial charge is 0.382 e. The Balaban J connectivity index is 2.19. The van der Waals surface area contributed by atoms with Crippen LogP contribution in [-0.2, 0) is 33.2 Å². The Bertz CT molecular complexity index is 433. The third-order valence-electron chi connectivity index (χ3n) is 6.29. The highest BCUT2D eigenvalue weighted by molar-refractivity contribution is 4.91. The number of hydrogen-bond acceptors (Lipinski definition) is 7. The summed E-state index contributed by atoms with van der Waals surface area (Å²) < 4.78 is 41.1. The number of methoxy groups -OCH3 is 4. The molecule has 0 aliphatic carbocycles. The van der Waals surface area contributed by atoms with Gasteiger partial charge in [-0.05, 0) is 18.3 Å². The van der Waals surface area contributed by atoms with E-state index in [4.69, 9.17) is 33.2 Å². The summed E-state index contributed by atoms with van der Waals surface area (Å²) in [5.74, 6) is 0.662. The van der Waals surface area contributed by atoms with Crippen LogP contribution in [0.25, 0.3) is 0 Å². The Morgan fingerprint density at radius 3 is 1.78 bits per heavy atom. The van der Waals surface area contributed by atoms with Crippen molar-refractivity contribution in [1.82, 2.24) is 0 Å². The monoisotopic (exact) mass is 390 g/mol. The van der Waals surface area contributed by atoms with Gasteiger partial charge in [0, 0.05) is 34.4 Å². The maximum Gasteiger partial charge on any atom is 0.184 e. The molecule has 0 spiro atoms. The third kappa shape index (κ3) is 4.83. The molecule has 10 atom stereocenters. The van der Waals surface area contributed by atoms with Crippen LogP contribution in [0.4, 0.5) is 0 Å². The van der Waals surface area contributed by atoms with E-state index < -0.39 is 12.6 Å². The molecular formula is C20H38O7. The normalized spacial score (nSPS) is 45.8. The van der Waals surface area contributed by atoms with Gasteiger partial charge in [-0.15, -0.1) is 0 Å². The van der Waals surface area contributed by atoms with Gasteiger partial charge in [0.15, 0.2) is 12.6 Å². The number of rotatable bonds is 8. The van der Waals surface area contributed by atoms with E-state index in [0.29, 0.717) is 12.5 Å². The van der Waals surface area contributed by atoms with Gasteiger partial charge >= 0.3 is 0 Å². The summed E-state index contributed by atoms with van der Waals surface area (Å²) in [6.45, 7) is 9.07. The van der Waals surface area contributed by atoms with Gasteiger partial charge in [-0.1, -0.05) is 27.7 Å². The second-order valence-electron chi connectivity index (χ2n) is 7.76. The van der Waals surface area contributed by atoms with Crippen molar-refractivity contribution >= 4 is 0 Å². The van der Waals surface area contributed by atoms with E-state index in [1.807, 2.05) is 0 Å². The highest BCUT2D eigenvalue weighted by Gasteiger charge is 2.49. The van der Waals surface area contributed by atoms with Gasteiger partial charge in [0.05, 0.1) is 24.9 Å². The van der Waals surface area contributed by atoms with E-state index in [2.05, 4.69) is 27.7 Å². The van der Waals surface area contributed by atoms with Gasteiger partial charge in [0.25, 0.3) is 0 Å². The predicted octanol–water partition coefficient (Wildman–Crippen LogP) is 2.46. The summed E-state index contributed by atoms with van der Waals surface area (Å²) in [6, 6.07) is 0. The molecule has 0 amide bonds. The highest BCUT2D eigenvalue weighted by Crippen LogP contribution is 2.37. The Labute approximate surface area is 163 Å². The first-order valence-electron chi connectivity index (χ1n) is 9.97. The Kier molecular flexibility index (Phi) is 8.93. The molecule has 0 aromatic rings. The lowest BCUT2D eigenvalue weighted by molar-refractivity contribution is -0.342. The van der Waals surface area contributed by atoms with Gasteiger partial charge in [-0.25, -0.2) is 0 Å². The maximum atomic E-state index is 6.51. The molecule has 27 heavy (non-hydrogen) atoms. The summed E-state index contributed by atoms with van der Waals surface area (Å²) in [5.41, 5.74) is 0. The van der Waals surface area contributed by atoms with Gasteiger partial charge in [0.1, 0.15) is 12.2 Å². The van der Waals surface area contributed by atoms with Crippen molar-refractivity contribution in [3.63, 3.8) is 0 Å². The molecule has 0 saturated carbocycles. The molecule has 0 aromatic carbocycles. The van der Waals surface area contributed by atoms with Crippen LogP contribution in [0.2, 0.25) is 0 Å². The lowest BCUT2D eigenvalue weighted by atomic mass is 9.83. The molecule has 0 bridgehead atoms. The zero-order chi connectivity index (χ0) is 20.1. The van der Waals surface area contributed by atoms with Crippen molar-refractivity contribution in [2.24, 2.45) is 17.8 Å². The summed E-state index contributed by atoms with van der Waals surface area (Å²) >= 11 is 0. The summed E-state index contributed by atoms with van der Waals surface area (Å²) in [6.07, 6.45) is -0.763. The van der Waals surface area contributed by atoms with Crippen LogP contribution in [0.3, 0.4) is 0 Å². The molecule has 0 aromatic heterocycles. The Morgan fingerprint density at radius 1 is 0.667 bits per heavy atom. The molecule has 7 heteroatoms. The lowest BCUT2D eigenvalue weighted by Gasteiger charge is -2.49. The molecule has 160 valence electrons. The van der Waals surface area contributed by atoms with Crippen LogP contribution in [0.1, 0.15) is 34.1 Å². The summed E-state index contributed by atoms with van der Waals surface area (Å²) in [4.78, 5) is 0. The molecule has 2 saturated heterocycles. The molecule has 2 heterocycles. The van der Waals surface area contributed by atoms with Gasteiger partial charge in [-0.3, -0.25) is 0 Å². The van der Waals surface area contributed by atoms with E-state index >= 15 is 0 Å². The molecule has 2 fully saturated rings. The van der Waals surface area contributed by atoms with Crippen LogP contribution in [0, 0.1) is 17.8 Å². The summed E-state index contributed by atoms with van der Waals surface area (Å²) in [7, 11) is 6.72. The zero-order valence-electron chi connectivity index (χ0n) is 18.0. The molecular weight excluding hydrogens is 352 g/mol. The van der Waals surface area contributed by atoms with Crippen LogP contribution >= 0.6 is 0 Å². The molecule has 0 radical (unpaired) electrons. The standard InChI is InChI=1S/C20H38O7/c1-9-14-16(13(4)18(23-7)19(24-8)25-14)27-20-17(22-6)12(3)11(2)15(26-20)10-21-5/h11-20H,9-10H2,1-8H3/t11-,12?,13?,14?,15?,16+,17?,18?,19?,20?/m0/s1. The van der Waals surface area contributed by atoms with Crippen LogP contribution in [0.5, 0.6) is 0 Å². The molecule has 0 N–H and O–H groups in total. The van der Waals surface area contributed by atoms with Crippen molar-refractivity contribution < 1.29 is 33.2 Å². The average molecular weight is 391 g/mol. The number of hydrogen-bond donors (Lipinski definition) is 0. The zero-order valence-corrected chi connectivity index (χ0v) is 18.0. The summed E-state index contributed by atoms with van der Waals surface area (Å²) in [5, 5.41) is 0. The van der Waals surface area contributed by atoms with Gasteiger partial charge in [-0.2, -0.15) is 0 Å². The highest BCUT2D eigenvalue weighted by atomic mass is 16.7. The second kappa shape index (κ2) is 10.5. The fourth-order valence-corrected chi connectivity index (χ4v) is 4.36. The first-order chi connectivity index (χ1) is 12.9. The second-order valence-corrected chi connectivity index (χ2v) is 7.76. The Morgan fingerprint density at radius 2 is 1.26 bits per heavy atom. The lowest BCUT2D eigenvalue weighted by Crippen LogP contribution is -2.59. The molecule has 2 aliphatic heterocycles. The van der Waals surface area contributed by atoms with Gasteiger partial charge < -0.3 is 33.2 Å². The Hall–Kier alpha value is -0.280. The third-order valence-corrected chi connectivity index (χ3v) is 6.29. The smallest absolute Gasteiger partial charge is 0.184 e. The molecule has 7 nitrogen and oxygen atoms in total. The van der Waals surface area contributed by atoms with Crippen molar-refractivity contribution in [2.45, 2.75) is 77.2 Å². The minimum atomic E-state index is -0.483. The van der Waals surface area contributed by atoms with E-state index in [9.17, 15) is 0 Å². The van der Waals surface area contributed by atoms with Crippen LogP contribution < -0.4 is 0 Å². The van der Waals surface area contributed by atoms with E-state index in [1.54, 1.807) is 28.4 Å². The van der Waals surface area contributed by atoms with Crippen molar-refractivity contribution in [1.29, 1.82) is 0 Å². The molecule has 8 unspecified atom stereocenters. The van der Waals surface area contributed by atoms with E-state index in [-0.39, 0.29) is 42.4 Å². The molecule has 2 aliphatic rings. The van der Waals surface area contributed by atoms with E-state index in [1.165, 1.54) is 0 Å². The minimum Gasteiger partial charge on any atom is -0.382 e. The number of ether oxygens (including phenoxy) is 7.